The molecule has 3 N–H and O–H groups in total. The number of aromatic nitrogens is 2. The maximum Gasteiger partial charge on any atom is 0.401 e. The predicted molar refractivity (Wildman–Crippen MR) is 52.5 cm³/mol. The number of rotatable bonds is 4. The molecule has 1 aromatic heterocycles. The minimum absolute atomic E-state index is 0.238. The highest BCUT2D eigenvalue weighted by atomic mass is 19.4. The molecule has 1 heterocycles. The van der Waals surface area contributed by atoms with Crippen molar-refractivity contribution in [1.29, 1.82) is 0 Å². The molecule has 0 aliphatic heterocycles. The van der Waals surface area contributed by atoms with E-state index < -0.39 is 24.7 Å². The molecule has 0 fully saturated rings. The lowest BCUT2D eigenvalue weighted by molar-refractivity contribution is -0.143. The molecule has 0 saturated carbocycles. The molecule has 0 saturated heterocycles. The number of nitrogens with zero attached hydrogens (tertiary/aromatic N) is 1. The Hall–Kier alpha value is -1.57. The van der Waals surface area contributed by atoms with Crippen molar-refractivity contribution >= 4 is 5.97 Å². The van der Waals surface area contributed by atoms with Crippen molar-refractivity contribution in [2.24, 2.45) is 0 Å². The largest absolute Gasteiger partial charge is 0.480 e. The summed E-state index contributed by atoms with van der Waals surface area (Å²) in [4.78, 5) is 10.9. The van der Waals surface area contributed by atoms with Crippen LogP contribution in [0.25, 0.3) is 0 Å². The average molecular weight is 251 g/mol. The zero-order chi connectivity index (χ0) is 13.2. The molecule has 1 atom stereocenters. The molecule has 0 spiro atoms. The second-order valence-corrected chi connectivity index (χ2v) is 3.62. The first kappa shape index (κ1) is 13.5. The van der Waals surface area contributed by atoms with E-state index in [0.29, 0.717) is 11.4 Å². The van der Waals surface area contributed by atoms with E-state index in [9.17, 15) is 18.0 Å². The molecular weight excluding hydrogens is 239 g/mol. The van der Waals surface area contributed by atoms with Gasteiger partial charge in [-0.3, -0.25) is 15.2 Å². The highest BCUT2D eigenvalue weighted by Crippen LogP contribution is 2.22. The van der Waals surface area contributed by atoms with Gasteiger partial charge >= 0.3 is 12.1 Å². The second-order valence-electron chi connectivity index (χ2n) is 3.62. The lowest BCUT2D eigenvalue weighted by Gasteiger charge is -2.16. The van der Waals surface area contributed by atoms with Crippen LogP contribution in [-0.2, 0) is 4.79 Å². The average Bonchev–Trinajstić information content (AvgIpc) is 2.47. The Morgan fingerprint density at radius 1 is 1.53 bits per heavy atom. The van der Waals surface area contributed by atoms with Gasteiger partial charge in [0, 0.05) is 11.3 Å². The summed E-state index contributed by atoms with van der Waals surface area (Å²) >= 11 is 0. The number of aliphatic carboxylic acids is 1. The zero-order valence-electron chi connectivity index (χ0n) is 9.22. The highest BCUT2D eigenvalue weighted by molar-refractivity contribution is 5.76. The van der Waals surface area contributed by atoms with E-state index >= 15 is 0 Å². The lowest BCUT2D eigenvalue weighted by atomic mass is 10.1. The fraction of sp³-hybridized carbons (Fsp3) is 0.556. The van der Waals surface area contributed by atoms with Crippen LogP contribution in [0.2, 0.25) is 0 Å². The molecule has 0 amide bonds. The Kier molecular flexibility index (Phi) is 3.76. The van der Waals surface area contributed by atoms with Crippen LogP contribution in [0.15, 0.2) is 0 Å². The number of hydrogen-bond donors (Lipinski definition) is 3. The number of aromatic amines is 1. The Morgan fingerprint density at radius 2 is 2.12 bits per heavy atom. The molecule has 0 aliphatic rings. The van der Waals surface area contributed by atoms with Crippen molar-refractivity contribution in [3.63, 3.8) is 0 Å². The minimum atomic E-state index is -4.46. The lowest BCUT2D eigenvalue weighted by Crippen LogP contribution is -2.36. The SMILES string of the molecule is Cc1n[nH]c(C)c1C(NCC(F)(F)F)C(=O)O. The van der Waals surface area contributed by atoms with Crippen molar-refractivity contribution < 1.29 is 23.1 Å². The van der Waals surface area contributed by atoms with Gasteiger partial charge in [-0.05, 0) is 13.8 Å². The number of alkyl halides is 3. The molecule has 17 heavy (non-hydrogen) atoms. The van der Waals surface area contributed by atoms with Crippen molar-refractivity contribution in [1.82, 2.24) is 15.5 Å². The van der Waals surface area contributed by atoms with Crippen LogP contribution in [0, 0.1) is 13.8 Å². The third-order valence-corrected chi connectivity index (χ3v) is 2.23. The van der Waals surface area contributed by atoms with Gasteiger partial charge in [0.1, 0.15) is 6.04 Å². The normalized spacial score (nSPS) is 13.7. The van der Waals surface area contributed by atoms with E-state index in [2.05, 4.69) is 10.2 Å². The number of aryl methyl sites for hydroxylation is 2. The van der Waals surface area contributed by atoms with Crippen LogP contribution >= 0.6 is 0 Å². The molecule has 1 rings (SSSR count). The quantitative estimate of drug-likeness (QED) is 0.753. The van der Waals surface area contributed by atoms with Gasteiger partial charge in [-0.2, -0.15) is 18.3 Å². The number of carboxylic acid groups (broad SMARTS) is 1. The Balaban J connectivity index is 2.91. The topological polar surface area (TPSA) is 78.0 Å². The highest BCUT2D eigenvalue weighted by Gasteiger charge is 2.32. The minimum Gasteiger partial charge on any atom is -0.480 e. The van der Waals surface area contributed by atoms with Gasteiger partial charge in [-0.25, -0.2) is 0 Å². The number of carboxylic acids is 1. The maximum absolute atomic E-state index is 12.0. The molecule has 0 aliphatic carbocycles. The van der Waals surface area contributed by atoms with Crippen molar-refractivity contribution in [2.45, 2.75) is 26.1 Å². The van der Waals surface area contributed by atoms with E-state index in [1.54, 1.807) is 6.92 Å². The number of H-pyrrole nitrogens is 1. The summed E-state index contributed by atoms with van der Waals surface area (Å²) in [6, 6.07) is -1.42. The van der Waals surface area contributed by atoms with Crippen molar-refractivity contribution in [3.8, 4) is 0 Å². The first-order valence-corrected chi connectivity index (χ1v) is 4.77. The molecule has 96 valence electrons. The zero-order valence-corrected chi connectivity index (χ0v) is 9.22. The Bertz CT molecular complexity index is 395. The molecule has 0 bridgehead atoms. The van der Waals surface area contributed by atoms with Crippen LogP contribution in [0.4, 0.5) is 13.2 Å². The molecule has 8 heteroatoms. The summed E-state index contributed by atoms with van der Waals surface area (Å²) in [6.45, 7) is 1.72. The standard InChI is InChI=1S/C9H12F3N3O2/c1-4-6(5(2)15-14-4)7(8(16)17)13-3-9(10,11)12/h7,13H,3H2,1-2H3,(H,14,15)(H,16,17). The molecule has 5 nitrogen and oxygen atoms in total. The number of hydrogen-bond acceptors (Lipinski definition) is 3. The summed E-state index contributed by atoms with van der Waals surface area (Å²) < 4.78 is 36.1. The fourth-order valence-electron chi connectivity index (χ4n) is 1.52. The van der Waals surface area contributed by atoms with Gasteiger partial charge in [0.05, 0.1) is 12.2 Å². The summed E-state index contributed by atoms with van der Waals surface area (Å²) in [5, 5.41) is 17.2. The van der Waals surface area contributed by atoms with Crippen LogP contribution in [0.3, 0.4) is 0 Å². The third kappa shape index (κ3) is 3.45. The molecule has 1 aromatic rings. The van der Waals surface area contributed by atoms with Crippen molar-refractivity contribution in [3.05, 3.63) is 17.0 Å². The van der Waals surface area contributed by atoms with E-state index in [1.165, 1.54) is 6.92 Å². The van der Waals surface area contributed by atoms with Crippen LogP contribution in [0.5, 0.6) is 0 Å². The Labute approximate surface area is 95.0 Å². The Morgan fingerprint density at radius 3 is 2.47 bits per heavy atom. The van der Waals surface area contributed by atoms with Crippen molar-refractivity contribution in [2.75, 3.05) is 6.54 Å². The molecular formula is C9H12F3N3O2. The summed E-state index contributed by atoms with van der Waals surface area (Å²) in [6.07, 6.45) is -4.46. The summed E-state index contributed by atoms with van der Waals surface area (Å²) in [7, 11) is 0. The van der Waals surface area contributed by atoms with Gasteiger partial charge in [0.2, 0.25) is 0 Å². The number of carbonyl (C=O) groups is 1. The van der Waals surface area contributed by atoms with Crippen LogP contribution in [-0.4, -0.2) is 34.0 Å². The number of nitrogens with one attached hydrogen (secondary N) is 2. The van der Waals surface area contributed by atoms with Gasteiger partial charge in [0.25, 0.3) is 0 Å². The second kappa shape index (κ2) is 4.74. The summed E-state index contributed by atoms with van der Waals surface area (Å²) in [5.41, 5.74) is 1.04. The summed E-state index contributed by atoms with van der Waals surface area (Å²) in [5.74, 6) is -1.37. The first-order valence-electron chi connectivity index (χ1n) is 4.77. The van der Waals surface area contributed by atoms with Gasteiger partial charge in [-0.15, -0.1) is 0 Å². The number of halogens is 3. The third-order valence-electron chi connectivity index (χ3n) is 2.23. The monoisotopic (exact) mass is 251 g/mol. The molecule has 1 unspecified atom stereocenters. The smallest absolute Gasteiger partial charge is 0.401 e. The van der Waals surface area contributed by atoms with Crippen LogP contribution < -0.4 is 5.32 Å². The van der Waals surface area contributed by atoms with E-state index in [4.69, 9.17) is 5.11 Å². The van der Waals surface area contributed by atoms with Crippen LogP contribution in [0.1, 0.15) is 23.0 Å². The van der Waals surface area contributed by atoms with E-state index in [0.717, 1.165) is 0 Å². The molecule has 0 radical (unpaired) electrons. The van der Waals surface area contributed by atoms with E-state index in [1.807, 2.05) is 5.32 Å². The first-order chi connectivity index (χ1) is 7.72. The van der Waals surface area contributed by atoms with Gasteiger partial charge in [0.15, 0.2) is 0 Å². The van der Waals surface area contributed by atoms with Gasteiger partial charge in [-0.1, -0.05) is 0 Å². The maximum atomic E-state index is 12.0. The van der Waals surface area contributed by atoms with E-state index in [-0.39, 0.29) is 5.56 Å². The molecule has 0 aromatic carbocycles. The predicted octanol–water partition coefficient (Wildman–Crippen LogP) is 1.30. The van der Waals surface area contributed by atoms with Gasteiger partial charge < -0.3 is 5.11 Å². The fourth-order valence-corrected chi connectivity index (χ4v) is 1.52.